The van der Waals surface area contributed by atoms with Crippen molar-refractivity contribution < 1.29 is 13.2 Å². The first-order chi connectivity index (χ1) is 9.69. The minimum Gasteiger partial charge on any atom is -0.394 e. The van der Waals surface area contributed by atoms with E-state index in [1.807, 2.05) is 30.4 Å². The van der Waals surface area contributed by atoms with E-state index in [0.717, 1.165) is 11.5 Å². The summed E-state index contributed by atoms with van der Waals surface area (Å²) in [6.45, 7) is 6.82. The van der Waals surface area contributed by atoms with Crippen molar-refractivity contribution in [2.45, 2.75) is 33.0 Å². The highest BCUT2D eigenvalue weighted by molar-refractivity contribution is 5.66. The zero-order valence-electron chi connectivity index (χ0n) is 12.6. The van der Waals surface area contributed by atoms with Gasteiger partial charge in [-0.2, -0.15) is 18.3 Å². The zero-order chi connectivity index (χ0) is 15.8. The lowest BCUT2D eigenvalue weighted by molar-refractivity contribution is -0.146. The van der Waals surface area contributed by atoms with Gasteiger partial charge in [0.05, 0.1) is 17.9 Å². The van der Waals surface area contributed by atoms with Gasteiger partial charge in [0.25, 0.3) is 0 Å². The van der Waals surface area contributed by atoms with Crippen molar-refractivity contribution in [2.24, 2.45) is 0 Å². The molecular weight excluding hydrogens is 283 g/mol. The number of piperazine rings is 1. The van der Waals surface area contributed by atoms with Crippen LogP contribution >= 0.6 is 0 Å². The van der Waals surface area contributed by atoms with E-state index in [0.29, 0.717) is 31.9 Å². The highest BCUT2D eigenvalue weighted by Crippen LogP contribution is 2.30. The third-order valence-corrected chi connectivity index (χ3v) is 3.67. The van der Waals surface area contributed by atoms with Crippen LogP contribution in [-0.2, 0) is 0 Å². The number of rotatable bonds is 3. The fourth-order valence-corrected chi connectivity index (χ4v) is 2.59. The van der Waals surface area contributed by atoms with E-state index in [2.05, 4.69) is 5.10 Å². The summed E-state index contributed by atoms with van der Waals surface area (Å²) >= 11 is 0. The van der Waals surface area contributed by atoms with Crippen molar-refractivity contribution in [1.82, 2.24) is 14.7 Å². The molecule has 120 valence electrons. The van der Waals surface area contributed by atoms with Gasteiger partial charge in [0.1, 0.15) is 0 Å². The molecule has 0 aromatic carbocycles. The van der Waals surface area contributed by atoms with Crippen LogP contribution in [0.5, 0.6) is 0 Å². The standard InChI is InChI=1S/C13H22F3N5/c1-9(2)21-12(11(17)10(3)18-21)20-6-4-19(5-7-20)8-13(14,15)16/h9H,4-8,17H2,1-3H3. The average molecular weight is 305 g/mol. The highest BCUT2D eigenvalue weighted by Gasteiger charge is 2.33. The number of nitrogens with two attached hydrogens (primary N) is 1. The van der Waals surface area contributed by atoms with E-state index in [-0.39, 0.29) is 6.04 Å². The molecule has 0 atom stereocenters. The largest absolute Gasteiger partial charge is 0.401 e. The number of anilines is 2. The van der Waals surface area contributed by atoms with Gasteiger partial charge in [0, 0.05) is 32.2 Å². The summed E-state index contributed by atoms with van der Waals surface area (Å²) in [5.41, 5.74) is 7.47. The van der Waals surface area contributed by atoms with E-state index in [4.69, 9.17) is 5.73 Å². The highest BCUT2D eigenvalue weighted by atomic mass is 19.4. The number of aryl methyl sites for hydroxylation is 1. The SMILES string of the molecule is Cc1nn(C(C)C)c(N2CCN(CC(F)(F)F)CC2)c1N. The molecule has 2 N–H and O–H groups in total. The summed E-state index contributed by atoms with van der Waals surface area (Å²) in [4.78, 5) is 3.46. The average Bonchev–Trinajstić information content (AvgIpc) is 2.66. The Kier molecular flexibility index (Phi) is 4.36. The van der Waals surface area contributed by atoms with Gasteiger partial charge in [-0.1, -0.05) is 0 Å². The van der Waals surface area contributed by atoms with Gasteiger partial charge in [0.15, 0.2) is 5.82 Å². The number of nitrogen functional groups attached to an aromatic ring is 1. The molecular formula is C13H22F3N5. The molecule has 1 saturated heterocycles. The Bertz CT molecular complexity index is 487. The van der Waals surface area contributed by atoms with Crippen molar-refractivity contribution in [3.63, 3.8) is 0 Å². The predicted molar refractivity (Wildman–Crippen MR) is 76.5 cm³/mol. The molecule has 0 bridgehead atoms. The zero-order valence-corrected chi connectivity index (χ0v) is 12.6. The van der Waals surface area contributed by atoms with Crippen LogP contribution < -0.4 is 10.6 Å². The van der Waals surface area contributed by atoms with Crippen molar-refractivity contribution in [3.8, 4) is 0 Å². The molecule has 0 amide bonds. The van der Waals surface area contributed by atoms with Gasteiger partial charge in [-0.3, -0.25) is 4.90 Å². The van der Waals surface area contributed by atoms with Crippen LogP contribution in [0, 0.1) is 6.92 Å². The monoisotopic (exact) mass is 305 g/mol. The fraction of sp³-hybridized carbons (Fsp3) is 0.769. The van der Waals surface area contributed by atoms with Gasteiger partial charge in [0.2, 0.25) is 0 Å². The minimum absolute atomic E-state index is 0.157. The van der Waals surface area contributed by atoms with Gasteiger partial charge in [-0.05, 0) is 20.8 Å². The quantitative estimate of drug-likeness (QED) is 0.928. The molecule has 21 heavy (non-hydrogen) atoms. The number of alkyl halides is 3. The molecule has 1 aromatic rings. The van der Waals surface area contributed by atoms with Crippen LogP contribution in [0.25, 0.3) is 0 Å². The van der Waals surface area contributed by atoms with E-state index >= 15 is 0 Å². The molecule has 5 nitrogen and oxygen atoms in total. The van der Waals surface area contributed by atoms with Crippen LogP contribution in [0.3, 0.4) is 0 Å². The Hall–Kier alpha value is -1.44. The van der Waals surface area contributed by atoms with Crippen LogP contribution in [0.15, 0.2) is 0 Å². The third-order valence-electron chi connectivity index (χ3n) is 3.67. The van der Waals surface area contributed by atoms with Crippen molar-refractivity contribution in [2.75, 3.05) is 43.4 Å². The molecule has 0 spiro atoms. The van der Waals surface area contributed by atoms with Crippen LogP contribution in [0.1, 0.15) is 25.6 Å². The molecule has 2 rings (SSSR count). The first kappa shape index (κ1) is 15.9. The van der Waals surface area contributed by atoms with Gasteiger partial charge in [-0.15, -0.1) is 0 Å². The molecule has 8 heteroatoms. The van der Waals surface area contributed by atoms with Gasteiger partial charge < -0.3 is 10.6 Å². The molecule has 1 aliphatic rings. The smallest absolute Gasteiger partial charge is 0.394 e. The first-order valence-corrected chi connectivity index (χ1v) is 7.07. The first-order valence-electron chi connectivity index (χ1n) is 7.07. The maximum absolute atomic E-state index is 12.4. The summed E-state index contributed by atoms with van der Waals surface area (Å²) in [5, 5.41) is 4.42. The van der Waals surface area contributed by atoms with E-state index < -0.39 is 12.7 Å². The maximum Gasteiger partial charge on any atom is 0.401 e. The molecule has 0 radical (unpaired) electrons. The van der Waals surface area contributed by atoms with Crippen molar-refractivity contribution in [1.29, 1.82) is 0 Å². The lowest BCUT2D eigenvalue weighted by atomic mass is 10.2. The normalized spacial score (nSPS) is 17.8. The van der Waals surface area contributed by atoms with E-state index in [1.54, 1.807) is 0 Å². The topological polar surface area (TPSA) is 50.3 Å². The van der Waals surface area contributed by atoms with Crippen LogP contribution in [0.2, 0.25) is 0 Å². The second-order valence-electron chi connectivity index (χ2n) is 5.74. The number of hydrogen-bond acceptors (Lipinski definition) is 4. The second kappa shape index (κ2) is 5.75. The Morgan fingerprint density at radius 1 is 1.19 bits per heavy atom. The maximum atomic E-state index is 12.4. The Morgan fingerprint density at radius 2 is 1.76 bits per heavy atom. The third kappa shape index (κ3) is 3.61. The molecule has 0 unspecified atom stereocenters. The van der Waals surface area contributed by atoms with E-state index in [1.165, 1.54) is 4.90 Å². The molecule has 0 aliphatic carbocycles. The van der Waals surface area contributed by atoms with Gasteiger partial charge >= 0.3 is 6.18 Å². The fourth-order valence-electron chi connectivity index (χ4n) is 2.59. The Labute approximate surface area is 122 Å². The number of nitrogens with zero attached hydrogens (tertiary/aromatic N) is 4. The van der Waals surface area contributed by atoms with E-state index in [9.17, 15) is 13.2 Å². The summed E-state index contributed by atoms with van der Waals surface area (Å²) in [6.07, 6.45) is -4.14. The minimum atomic E-state index is -4.14. The van der Waals surface area contributed by atoms with Crippen molar-refractivity contribution in [3.05, 3.63) is 5.69 Å². The molecule has 1 aliphatic heterocycles. The Balaban J connectivity index is 2.09. The van der Waals surface area contributed by atoms with Gasteiger partial charge in [-0.25, -0.2) is 4.68 Å². The molecule has 0 saturated carbocycles. The van der Waals surface area contributed by atoms with Crippen LogP contribution in [-0.4, -0.2) is 53.6 Å². The van der Waals surface area contributed by atoms with Crippen LogP contribution in [0.4, 0.5) is 24.7 Å². The predicted octanol–water partition coefficient (Wildman–Crippen LogP) is 2.04. The summed E-state index contributed by atoms with van der Waals surface area (Å²) in [6, 6.07) is 0.157. The molecule has 1 aromatic heterocycles. The second-order valence-corrected chi connectivity index (χ2v) is 5.74. The number of aromatic nitrogens is 2. The number of hydrogen-bond donors (Lipinski definition) is 1. The lowest BCUT2D eigenvalue weighted by Gasteiger charge is -2.36. The summed E-state index contributed by atoms with van der Waals surface area (Å²) in [7, 11) is 0. The molecule has 1 fully saturated rings. The number of halogens is 3. The molecule has 2 heterocycles. The Morgan fingerprint density at radius 3 is 2.24 bits per heavy atom. The summed E-state index contributed by atoms with van der Waals surface area (Å²) in [5.74, 6) is 0.828. The van der Waals surface area contributed by atoms with Crippen molar-refractivity contribution >= 4 is 11.5 Å². The lowest BCUT2D eigenvalue weighted by Crippen LogP contribution is -2.49. The summed E-state index contributed by atoms with van der Waals surface area (Å²) < 4.78 is 39.1.